The molecule has 16 heavy (non-hydrogen) atoms. The second-order valence-electron chi connectivity index (χ2n) is 3.41. The largest absolute Gasteiger partial charge is 0.280 e. The third-order valence-corrected chi connectivity index (χ3v) is 4.24. The van der Waals surface area contributed by atoms with Gasteiger partial charge in [-0.3, -0.25) is 19.2 Å². The smallest absolute Gasteiger partial charge is 0.238 e. The Morgan fingerprint density at radius 2 is 0.812 bits per heavy atom. The highest BCUT2D eigenvalue weighted by Crippen LogP contribution is 2.61. The fourth-order valence-electron chi connectivity index (χ4n) is 1.84. The molecule has 0 radical (unpaired) electrons. The van der Waals surface area contributed by atoms with Gasteiger partial charge in [0.2, 0.25) is 21.0 Å². The van der Waals surface area contributed by atoms with Gasteiger partial charge < -0.3 is 0 Å². The standard InChI is InChI=1S/C8H4Cl4O4/c9-3(13)7(4(10)14)1-2-8(7,5(11)15)6(12)16/h1-2H2. The fraction of sp³-hybridized carbons (Fsp3) is 0.500. The minimum Gasteiger partial charge on any atom is -0.280 e. The second kappa shape index (κ2) is 4.26. The summed E-state index contributed by atoms with van der Waals surface area (Å²) < 4.78 is 0. The van der Waals surface area contributed by atoms with Crippen molar-refractivity contribution in [3.05, 3.63) is 0 Å². The summed E-state index contributed by atoms with van der Waals surface area (Å²) in [4.78, 5) is 45.0. The van der Waals surface area contributed by atoms with Crippen molar-refractivity contribution in [3.63, 3.8) is 0 Å². The van der Waals surface area contributed by atoms with Crippen LogP contribution in [0.5, 0.6) is 0 Å². The zero-order valence-corrected chi connectivity index (χ0v) is 10.6. The molecule has 1 aliphatic carbocycles. The molecule has 8 heteroatoms. The Kier molecular flexibility index (Phi) is 3.70. The summed E-state index contributed by atoms with van der Waals surface area (Å²) in [6.45, 7) is 0. The normalized spacial score (nSPS) is 20.8. The first kappa shape index (κ1) is 13.9. The van der Waals surface area contributed by atoms with E-state index in [1.54, 1.807) is 0 Å². The molecule has 0 aliphatic heterocycles. The van der Waals surface area contributed by atoms with Gasteiger partial charge >= 0.3 is 0 Å². The number of hydrogen-bond donors (Lipinski definition) is 0. The molecule has 88 valence electrons. The quantitative estimate of drug-likeness (QED) is 0.587. The Labute approximate surface area is 110 Å². The van der Waals surface area contributed by atoms with Gasteiger partial charge in [0.05, 0.1) is 0 Å². The Bertz CT molecular complexity index is 337. The van der Waals surface area contributed by atoms with Crippen LogP contribution >= 0.6 is 46.4 Å². The van der Waals surface area contributed by atoms with E-state index >= 15 is 0 Å². The summed E-state index contributed by atoms with van der Waals surface area (Å²) in [6, 6.07) is 0. The molecule has 0 amide bonds. The predicted octanol–water partition coefficient (Wildman–Crippen LogP) is 1.81. The molecule has 0 bridgehead atoms. The number of rotatable bonds is 4. The van der Waals surface area contributed by atoms with E-state index in [0.29, 0.717) is 0 Å². The van der Waals surface area contributed by atoms with Gasteiger partial charge in [-0.15, -0.1) is 0 Å². The van der Waals surface area contributed by atoms with Gasteiger partial charge in [0.25, 0.3) is 0 Å². The average molecular weight is 306 g/mol. The summed E-state index contributed by atoms with van der Waals surface area (Å²) in [5, 5.41) is -4.83. The number of hydrogen-bond acceptors (Lipinski definition) is 4. The maximum atomic E-state index is 11.3. The van der Waals surface area contributed by atoms with Crippen LogP contribution in [0.1, 0.15) is 12.8 Å². The van der Waals surface area contributed by atoms with Crippen molar-refractivity contribution in [2.24, 2.45) is 10.8 Å². The average Bonchev–Trinajstić information content (AvgIpc) is 1.98. The fourth-order valence-corrected chi connectivity index (χ4v) is 3.31. The van der Waals surface area contributed by atoms with Crippen LogP contribution in [0.25, 0.3) is 0 Å². The van der Waals surface area contributed by atoms with Crippen LogP contribution in [0.3, 0.4) is 0 Å². The van der Waals surface area contributed by atoms with E-state index in [2.05, 4.69) is 0 Å². The Hall–Kier alpha value is -0.160. The topological polar surface area (TPSA) is 68.3 Å². The Morgan fingerprint density at radius 3 is 0.875 bits per heavy atom. The van der Waals surface area contributed by atoms with Crippen LogP contribution in [-0.4, -0.2) is 21.0 Å². The maximum Gasteiger partial charge on any atom is 0.238 e. The van der Waals surface area contributed by atoms with Crippen LogP contribution in [0.2, 0.25) is 0 Å². The molecule has 1 saturated carbocycles. The monoisotopic (exact) mass is 304 g/mol. The van der Waals surface area contributed by atoms with E-state index in [4.69, 9.17) is 46.4 Å². The second-order valence-corrected chi connectivity index (χ2v) is 4.78. The molecule has 0 atom stereocenters. The van der Waals surface area contributed by atoms with E-state index in [9.17, 15) is 19.2 Å². The molecular weight excluding hydrogens is 302 g/mol. The number of carbonyl (C=O) groups is 4. The van der Waals surface area contributed by atoms with Crippen LogP contribution in [0.4, 0.5) is 0 Å². The molecular formula is C8H4Cl4O4. The van der Waals surface area contributed by atoms with Gasteiger partial charge in [0, 0.05) is 0 Å². The van der Waals surface area contributed by atoms with Crippen molar-refractivity contribution >= 4 is 67.4 Å². The van der Waals surface area contributed by atoms with E-state index in [0.717, 1.165) is 0 Å². The van der Waals surface area contributed by atoms with E-state index in [1.165, 1.54) is 0 Å². The minimum absolute atomic E-state index is 0.130. The summed E-state index contributed by atoms with van der Waals surface area (Å²) in [7, 11) is 0. The van der Waals surface area contributed by atoms with Gasteiger partial charge in [-0.1, -0.05) is 0 Å². The summed E-state index contributed by atoms with van der Waals surface area (Å²) in [5.74, 6) is 0. The molecule has 0 unspecified atom stereocenters. The summed E-state index contributed by atoms with van der Waals surface area (Å²) in [6.07, 6.45) is -0.261. The van der Waals surface area contributed by atoms with Crippen molar-refractivity contribution in [2.45, 2.75) is 12.8 Å². The summed E-state index contributed by atoms with van der Waals surface area (Å²) in [5.41, 5.74) is -4.26. The molecule has 0 aromatic rings. The van der Waals surface area contributed by atoms with Gasteiger partial charge in [-0.2, -0.15) is 0 Å². The van der Waals surface area contributed by atoms with E-state index in [1.807, 2.05) is 0 Å². The van der Waals surface area contributed by atoms with Gasteiger partial charge in [-0.25, -0.2) is 0 Å². The maximum absolute atomic E-state index is 11.3. The highest BCUT2D eigenvalue weighted by molar-refractivity contribution is 6.80. The molecule has 4 nitrogen and oxygen atoms in total. The Morgan fingerprint density at radius 1 is 0.625 bits per heavy atom. The molecule has 0 heterocycles. The first-order valence-electron chi connectivity index (χ1n) is 4.03. The molecule has 1 aliphatic rings. The molecule has 0 aromatic heterocycles. The molecule has 0 aromatic carbocycles. The van der Waals surface area contributed by atoms with Crippen molar-refractivity contribution in [1.29, 1.82) is 0 Å². The van der Waals surface area contributed by atoms with Gasteiger partial charge in [-0.05, 0) is 59.2 Å². The van der Waals surface area contributed by atoms with Crippen molar-refractivity contribution in [1.82, 2.24) is 0 Å². The summed E-state index contributed by atoms with van der Waals surface area (Å²) >= 11 is 21.0. The lowest BCUT2D eigenvalue weighted by molar-refractivity contribution is -0.166. The van der Waals surface area contributed by atoms with Gasteiger partial charge in [0.15, 0.2) is 0 Å². The van der Waals surface area contributed by atoms with Crippen LogP contribution < -0.4 is 0 Å². The number of carbonyl (C=O) groups excluding carboxylic acids is 4. The molecule has 1 fully saturated rings. The van der Waals surface area contributed by atoms with Crippen molar-refractivity contribution < 1.29 is 19.2 Å². The van der Waals surface area contributed by atoms with Crippen molar-refractivity contribution in [3.8, 4) is 0 Å². The van der Waals surface area contributed by atoms with E-state index in [-0.39, 0.29) is 12.8 Å². The number of halogens is 4. The third kappa shape index (κ3) is 1.44. The van der Waals surface area contributed by atoms with E-state index < -0.39 is 31.8 Å². The third-order valence-electron chi connectivity index (χ3n) is 2.95. The lowest BCUT2D eigenvalue weighted by atomic mass is 9.51. The molecule has 0 spiro atoms. The first-order chi connectivity index (χ1) is 7.23. The minimum atomic E-state index is -2.13. The lowest BCUT2D eigenvalue weighted by Crippen LogP contribution is -2.64. The molecule has 0 saturated heterocycles. The SMILES string of the molecule is O=C(Cl)C1(C(=O)Cl)CCC1(C(=O)Cl)C(=O)Cl. The lowest BCUT2D eigenvalue weighted by Gasteiger charge is -2.49. The molecule has 0 N–H and O–H groups in total. The highest BCUT2D eigenvalue weighted by atomic mass is 35.5. The predicted molar refractivity (Wildman–Crippen MR) is 57.5 cm³/mol. The van der Waals surface area contributed by atoms with Crippen LogP contribution in [0.15, 0.2) is 0 Å². The zero-order valence-electron chi connectivity index (χ0n) is 7.56. The first-order valence-corrected chi connectivity index (χ1v) is 5.54. The Balaban J connectivity index is 3.44. The molecule has 1 rings (SSSR count). The highest BCUT2D eigenvalue weighted by Gasteiger charge is 2.74. The van der Waals surface area contributed by atoms with Gasteiger partial charge in [0.1, 0.15) is 10.8 Å². The zero-order chi connectivity index (χ0) is 12.7. The van der Waals surface area contributed by atoms with Crippen molar-refractivity contribution in [2.75, 3.05) is 0 Å². The van der Waals surface area contributed by atoms with Crippen LogP contribution in [-0.2, 0) is 19.2 Å². The van der Waals surface area contributed by atoms with Crippen LogP contribution in [0, 0.1) is 10.8 Å².